The van der Waals surface area contributed by atoms with Crippen molar-refractivity contribution in [2.45, 2.75) is 39.7 Å². The first-order valence-corrected chi connectivity index (χ1v) is 5.66. The second kappa shape index (κ2) is 8.13. The number of hydrogen-bond donors (Lipinski definition) is 3. The summed E-state index contributed by atoms with van der Waals surface area (Å²) in [4.78, 5) is 10.8. The predicted molar refractivity (Wildman–Crippen MR) is 64.7 cm³/mol. The number of nitrogens with zero attached hydrogens (tertiary/aromatic N) is 1. The number of nitrogens with two attached hydrogens (primary N) is 1. The fourth-order valence-corrected chi connectivity index (χ4v) is 1.24. The molecular weight excluding hydrogens is 206 g/mol. The number of aliphatic carboxylic acids is 1. The third kappa shape index (κ3) is 7.25. The van der Waals surface area contributed by atoms with E-state index >= 15 is 0 Å². The molecule has 0 rings (SSSR count). The maximum absolute atomic E-state index is 10.8. The van der Waals surface area contributed by atoms with Crippen LogP contribution in [0.1, 0.15) is 33.6 Å². The van der Waals surface area contributed by atoms with Gasteiger partial charge in [-0.3, -0.25) is 0 Å². The van der Waals surface area contributed by atoms with Crippen LogP contribution in [0, 0.1) is 0 Å². The van der Waals surface area contributed by atoms with Crippen LogP contribution in [-0.2, 0) is 4.79 Å². The molecule has 0 aromatic carbocycles. The van der Waals surface area contributed by atoms with E-state index in [1.807, 2.05) is 6.92 Å². The first-order valence-electron chi connectivity index (χ1n) is 5.66. The van der Waals surface area contributed by atoms with Gasteiger partial charge in [0.2, 0.25) is 0 Å². The SMILES string of the molecule is CCC/C(=C\N(N)CCNC(C)C)C(=O)O. The van der Waals surface area contributed by atoms with Gasteiger partial charge in [-0.05, 0) is 6.42 Å². The molecule has 5 nitrogen and oxygen atoms in total. The third-order valence-corrected chi connectivity index (χ3v) is 2.04. The lowest BCUT2D eigenvalue weighted by atomic mass is 10.2. The van der Waals surface area contributed by atoms with Gasteiger partial charge in [0.1, 0.15) is 0 Å². The van der Waals surface area contributed by atoms with Crippen molar-refractivity contribution in [3.8, 4) is 0 Å². The molecule has 0 fully saturated rings. The van der Waals surface area contributed by atoms with Gasteiger partial charge < -0.3 is 15.4 Å². The van der Waals surface area contributed by atoms with Crippen LogP contribution in [-0.4, -0.2) is 35.2 Å². The number of carboxylic acid groups (broad SMARTS) is 1. The maximum Gasteiger partial charge on any atom is 0.333 e. The molecule has 4 N–H and O–H groups in total. The summed E-state index contributed by atoms with van der Waals surface area (Å²) in [5.74, 6) is 4.79. The van der Waals surface area contributed by atoms with Gasteiger partial charge in [-0.1, -0.05) is 27.2 Å². The highest BCUT2D eigenvalue weighted by Crippen LogP contribution is 2.05. The minimum atomic E-state index is -0.894. The average molecular weight is 229 g/mol. The normalized spacial score (nSPS) is 11.9. The molecule has 0 aliphatic rings. The Hall–Kier alpha value is -1.07. The zero-order valence-electron chi connectivity index (χ0n) is 10.4. The summed E-state index contributed by atoms with van der Waals surface area (Å²) in [6, 6.07) is 0.409. The summed E-state index contributed by atoms with van der Waals surface area (Å²) < 4.78 is 0. The Bertz CT molecular complexity index is 239. The summed E-state index contributed by atoms with van der Waals surface area (Å²) in [6.45, 7) is 7.38. The summed E-state index contributed by atoms with van der Waals surface area (Å²) in [7, 11) is 0. The molecule has 0 saturated heterocycles. The summed E-state index contributed by atoms with van der Waals surface area (Å²) in [6.07, 6.45) is 2.85. The molecular formula is C11H23N3O2. The van der Waals surface area contributed by atoms with E-state index in [1.165, 1.54) is 11.2 Å². The van der Waals surface area contributed by atoms with Gasteiger partial charge in [0, 0.05) is 25.3 Å². The van der Waals surface area contributed by atoms with Crippen molar-refractivity contribution in [2.75, 3.05) is 13.1 Å². The summed E-state index contributed by atoms with van der Waals surface area (Å²) in [5, 5.41) is 13.5. The molecule has 16 heavy (non-hydrogen) atoms. The molecule has 0 amide bonds. The molecule has 0 spiro atoms. The maximum atomic E-state index is 10.8. The fraction of sp³-hybridized carbons (Fsp3) is 0.727. The first-order chi connectivity index (χ1) is 7.47. The smallest absolute Gasteiger partial charge is 0.333 e. The summed E-state index contributed by atoms with van der Waals surface area (Å²) in [5.41, 5.74) is 0.356. The second-order valence-corrected chi connectivity index (χ2v) is 4.06. The third-order valence-electron chi connectivity index (χ3n) is 2.04. The fourth-order valence-electron chi connectivity index (χ4n) is 1.24. The molecule has 0 heterocycles. The number of hydrazine groups is 1. The first kappa shape index (κ1) is 14.9. The van der Waals surface area contributed by atoms with Gasteiger partial charge in [-0.2, -0.15) is 0 Å². The molecule has 5 heteroatoms. The van der Waals surface area contributed by atoms with Crippen LogP contribution in [0.15, 0.2) is 11.8 Å². The van der Waals surface area contributed by atoms with Crippen LogP contribution in [0.5, 0.6) is 0 Å². The Labute approximate surface area is 97.3 Å². The number of rotatable bonds is 8. The Morgan fingerprint density at radius 3 is 2.62 bits per heavy atom. The van der Waals surface area contributed by atoms with Gasteiger partial charge in [-0.15, -0.1) is 0 Å². The van der Waals surface area contributed by atoms with Gasteiger partial charge in [-0.25, -0.2) is 10.6 Å². The molecule has 0 aliphatic heterocycles. The zero-order chi connectivity index (χ0) is 12.6. The Kier molecular flexibility index (Phi) is 7.58. The lowest BCUT2D eigenvalue weighted by molar-refractivity contribution is -0.132. The number of nitrogens with one attached hydrogen (secondary N) is 1. The predicted octanol–water partition coefficient (Wildman–Crippen LogP) is 0.929. The van der Waals surface area contributed by atoms with Crippen LogP contribution in [0.4, 0.5) is 0 Å². The number of carboxylic acids is 1. The van der Waals surface area contributed by atoms with Crippen LogP contribution < -0.4 is 11.2 Å². The van der Waals surface area contributed by atoms with Crippen LogP contribution in [0.3, 0.4) is 0 Å². The monoisotopic (exact) mass is 229 g/mol. The molecule has 94 valence electrons. The van der Waals surface area contributed by atoms with Gasteiger partial charge in [0.05, 0.1) is 5.57 Å². The standard InChI is InChI=1S/C11H23N3O2/c1-4-5-10(11(15)16)8-14(12)7-6-13-9(2)3/h8-9,13H,4-7,12H2,1-3H3,(H,15,16)/b10-8+. The van der Waals surface area contributed by atoms with Crippen LogP contribution in [0.25, 0.3) is 0 Å². The van der Waals surface area contributed by atoms with Crippen molar-refractivity contribution in [3.63, 3.8) is 0 Å². The number of hydrogen-bond acceptors (Lipinski definition) is 4. The molecule has 0 aromatic heterocycles. The van der Waals surface area contributed by atoms with Gasteiger partial charge in [0.25, 0.3) is 0 Å². The molecule has 0 aromatic rings. The molecule has 0 bridgehead atoms. The quantitative estimate of drug-likeness (QED) is 0.328. The van der Waals surface area contributed by atoms with Crippen molar-refractivity contribution >= 4 is 5.97 Å². The highest BCUT2D eigenvalue weighted by molar-refractivity contribution is 5.86. The van der Waals surface area contributed by atoms with E-state index in [0.717, 1.165) is 13.0 Å². The minimum absolute atomic E-state index is 0.356. The largest absolute Gasteiger partial charge is 0.478 e. The van der Waals surface area contributed by atoms with E-state index in [9.17, 15) is 4.79 Å². The van der Waals surface area contributed by atoms with Crippen molar-refractivity contribution in [1.82, 2.24) is 10.3 Å². The Morgan fingerprint density at radius 1 is 1.56 bits per heavy atom. The minimum Gasteiger partial charge on any atom is -0.478 e. The lowest BCUT2D eigenvalue weighted by Gasteiger charge is -2.16. The lowest BCUT2D eigenvalue weighted by Crippen LogP contribution is -2.36. The van der Waals surface area contributed by atoms with Crippen LogP contribution >= 0.6 is 0 Å². The highest BCUT2D eigenvalue weighted by atomic mass is 16.4. The highest BCUT2D eigenvalue weighted by Gasteiger charge is 2.07. The van der Waals surface area contributed by atoms with E-state index in [1.54, 1.807) is 0 Å². The van der Waals surface area contributed by atoms with E-state index < -0.39 is 5.97 Å². The van der Waals surface area contributed by atoms with Crippen molar-refractivity contribution in [1.29, 1.82) is 0 Å². The topological polar surface area (TPSA) is 78.6 Å². The van der Waals surface area contributed by atoms with E-state index in [0.29, 0.717) is 24.6 Å². The average Bonchev–Trinajstić information content (AvgIpc) is 2.16. The van der Waals surface area contributed by atoms with Gasteiger partial charge >= 0.3 is 5.97 Å². The van der Waals surface area contributed by atoms with Crippen molar-refractivity contribution < 1.29 is 9.90 Å². The van der Waals surface area contributed by atoms with E-state index in [2.05, 4.69) is 19.2 Å². The van der Waals surface area contributed by atoms with E-state index in [-0.39, 0.29) is 0 Å². The Balaban J connectivity index is 4.09. The Morgan fingerprint density at radius 2 is 2.19 bits per heavy atom. The molecule has 0 radical (unpaired) electrons. The van der Waals surface area contributed by atoms with Crippen molar-refractivity contribution in [2.24, 2.45) is 5.84 Å². The van der Waals surface area contributed by atoms with E-state index in [4.69, 9.17) is 10.9 Å². The number of carbonyl (C=O) groups is 1. The molecule has 0 atom stereocenters. The molecule has 0 saturated carbocycles. The second-order valence-electron chi connectivity index (χ2n) is 4.06. The van der Waals surface area contributed by atoms with Gasteiger partial charge in [0.15, 0.2) is 0 Å². The zero-order valence-corrected chi connectivity index (χ0v) is 10.4. The van der Waals surface area contributed by atoms with Crippen LogP contribution in [0.2, 0.25) is 0 Å². The molecule has 0 unspecified atom stereocenters. The molecule has 0 aliphatic carbocycles. The van der Waals surface area contributed by atoms with Crippen molar-refractivity contribution in [3.05, 3.63) is 11.8 Å². The summed E-state index contributed by atoms with van der Waals surface area (Å²) >= 11 is 0.